The standard InChI is InChI=1S/C14H25N3O/c1-5-7-16-13(11(3)4)8-12-9-15-10-14(17-12)18-6-2/h9-11,13,16H,5-8H2,1-4H3. The summed E-state index contributed by atoms with van der Waals surface area (Å²) in [6.45, 7) is 10.3. The monoisotopic (exact) mass is 251 g/mol. The third-order valence-corrected chi connectivity index (χ3v) is 2.84. The van der Waals surface area contributed by atoms with Crippen molar-refractivity contribution in [1.29, 1.82) is 0 Å². The molecule has 0 saturated carbocycles. The van der Waals surface area contributed by atoms with Crippen LogP contribution in [-0.4, -0.2) is 29.2 Å². The number of hydrogen-bond acceptors (Lipinski definition) is 4. The molecule has 4 nitrogen and oxygen atoms in total. The van der Waals surface area contributed by atoms with Gasteiger partial charge in [0.1, 0.15) is 0 Å². The molecule has 0 amide bonds. The molecule has 1 rings (SSSR count). The maximum atomic E-state index is 5.38. The molecule has 0 spiro atoms. The maximum Gasteiger partial charge on any atom is 0.232 e. The number of nitrogens with one attached hydrogen (secondary N) is 1. The first-order valence-electron chi connectivity index (χ1n) is 6.84. The highest BCUT2D eigenvalue weighted by Gasteiger charge is 2.14. The Kier molecular flexibility index (Phi) is 6.65. The minimum atomic E-state index is 0.441. The normalized spacial score (nSPS) is 12.7. The van der Waals surface area contributed by atoms with Crippen molar-refractivity contribution in [2.75, 3.05) is 13.2 Å². The van der Waals surface area contributed by atoms with Crippen molar-refractivity contribution in [1.82, 2.24) is 15.3 Å². The Balaban J connectivity index is 2.64. The summed E-state index contributed by atoms with van der Waals surface area (Å²) in [5.74, 6) is 1.20. The highest BCUT2D eigenvalue weighted by molar-refractivity contribution is 5.09. The van der Waals surface area contributed by atoms with Gasteiger partial charge in [0.15, 0.2) is 0 Å². The topological polar surface area (TPSA) is 47.0 Å². The first-order valence-corrected chi connectivity index (χ1v) is 6.84. The van der Waals surface area contributed by atoms with E-state index in [2.05, 4.69) is 36.1 Å². The van der Waals surface area contributed by atoms with Crippen LogP contribution in [0.2, 0.25) is 0 Å². The Morgan fingerprint density at radius 1 is 1.28 bits per heavy atom. The molecule has 18 heavy (non-hydrogen) atoms. The summed E-state index contributed by atoms with van der Waals surface area (Å²) in [5.41, 5.74) is 0.989. The van der Waals surface area contributed by atoms with Gasteiger partial charge in [-0.05, 0) is 25.8 Å². The number of hydrogen-bond donors (Lipinski definition) is 1. The third kappa shape index (κ3) is 5.00. The van der Waals surface area contributed by atoms with E-state index in [0.717, 1.165) is 25.1 Å². The SMILES string of the molecule is CCCNC(Cc1cncc(OCC)n1)C(C)C. The molecule has 102 valence electrons. The van der Waals surface area contributed by atoms with Crippen LogP contribution in [0.3, 0.4) is 0 Å². The van der Waals surface area contributed by atoms with Crippen molar-refractivity contribution in [2.24, 2.45) is 5.92 Å². The number of nitrogens with zero attached hydrogens (tertiary/aromatic N) is 2. The zero-order valence-electron chi connectivity index (χ0n) is 11.9. The van der Waals surface area contributed by atoms with E-state index in [4.69, 9.17) is 4.74 Å². The molecule has 1 N–H and O–H groups in total. The fourth-order valence-electron chi connectivity index (χ4n) is 1.80. The smallest absolute Gasteiger partial charge is 0.232 e. The number of rotatable bonds is 8. The van der Waals surface area contributed by atoms with Crippen LogP contribution < -0.4 is 10.1 Å². The molecular weight excluding hydrogens is 226 g/mol. The molecule has 1 atom stereocenters. The van der Waals surface area contributed by atoms with E-state index in [9.17, 15) is 0 Å². The lowest BCUT2D eigenvalue weighted by atomic mass is 9.99. The summed E-state index contributed by atoms with van der Waals surface area (Å²) in [4.78, 5) is 8.65. The lowest BCUT2D eigenvalue weighted by molar-refractivity contribution is 0.322. The summed E-state index contributed by atoms with van der Waals surface area (Å²) in [6, 6.07) is 0.441. The molecule has 0 aliphatic carbocycles. The van der Waals surface area contributed by atoms with E-state index < -0.39 is 0 Å². The molecule has 1 aromatic rings. The average molecular weight is 251 g/mol. The molecule has 0 radical (unpaired) electrons. The Hall–Kier alpha value is -1.16. The molecule has 0 fully saturated rings. The fourth-order valence-corrected chi connectivity index (χ4v) is 1.80. The van der Waals surface area contributed by atoms with Gasteiger partial charge in [-0.1, -0.05) is 20.8 Å². The number of ether oxygens (including phenoxy) is 1. The van der Waals surface area contributed by atoms with Gasteiger partial charge in [0.25, 0.3) is 0 Å². The van der Waals surface area contributed by atoms with Crippen LogP contribution in [0.4, 0.5) is 0 Å². The van der Waals surface area contributed by atoms with Crippen molar-refractivity contribution >= 4 is 0 Å². The molecule has 4 heteroatoms. The highest BCUT2D eigenvalue weighted by Crippen LogP contribution is 2.11. The lowest BCUT2D eigenvalue weighted by Crippen LogP contribution is -2.36. The van der Waals surface area contributed by atoms with Crippen LogP contribution in [0.15, 0.2) is 12.4 Å². The molecule has 1 aromatic heterocycles. The van der Waals surface area contributed by atoms with Crippen molar-refractivity contribution in [3.63, 3.8) is 0 Å². The predicted octanol–water partition coefficient (Wildman–Crippen LogP) is 2.44. The summed E-state index contributed by atoms with van der Waals surface area (Å²) < 4.78 is 5.38. The van der Waals surface area contributed by atoms with Crippen molar-refractivity contribution in [3.8, 4) is 5.88 Å². The van der Waals surface area contributed by atoms with Gasteiger partial charge in [-0.25, -0.2) is 4.98 Å². The van der Waals surface area contributed by atoms with Gasteiger partial charge in [-0.15, -0.1) is 0 Å². The van der Waals surface area contributed by atoms with Crippen molar-refractivity contribution in [3.05, 3.63) is 18.1 Å². The van der Waals surface area contributed by atoms with Crippen molar-refractivity contribution in [2.45, 2.75) is 46.6 Å². The van der Waals surface area contributed by atoms with Gasteiger partial charge < -0.3 is 10.1 Å². The van der Waals surface area contributed by atoms with Gasteiger partial charge in [0, 0.05) is 18.7 Å². The van der Waals surface area contributed by atoms with E-state index in [0.29, 0.717) is 24.4 Å². The van der Waals surface area contributed by atoms with Gasteiger partial charge in [0.2, 0.25) is 5.88 Å². The van der Waals surface area contributed by atoms with E-state index in [-0.39, 0.29) is 0 Å². The quantitative estimate of drug-likeness (QED) is 0.771. The molecule has 0 bridgehead atoms. The third-order valence-electron chi connectivity index (χ3n) is 2.84. The van der Waals surface area contributed by atoms with Gasteiger partial charge in [-0.2, -0.15) is 0 Å². The number of aromatic nitrogens is 2. The summed E-state index contributed by atoms with van der Waals surface area (Å²) in [6.07, 6.45) is 5.53. The maximum absolute atomic E-state index is 5.38. The van der Waals surface area contributed by atoms with Gasteiger partial charge >= 0.3 is 0 Å². The van der Waals surface area contributed by atoms with E-state index >= 15 is 0 Å². The minimum Gasteiger partial charge on any atom is -0.477 e. The van der Waals surface area contributed by atoms with Crippen LogP contribution >= 0.6 is 0 Å². The zero-order chi connectivity index (χ0) is 13.4. The first-order chi connectivity index (χ1) is 8.67. The molecule has 0 saturated heterocycles. The van der Waals surface area contributed by atoms with E-state index in [1.165, 1.54) is 0 Å². The highest BCUT2D eigenvalue weighted by atomic mass is 16.5. The Bertz CT molecular complexity index is 342. The van der Waals surface area contributed by atoms with Crippen LogP contribution in [0.1, 0.15) is 39.8 Å². The van der Waals surface area contributed by atoms with Crippen LogP contribution in [-0.2, 0) is 6.42 Å². The van der Waals surface area contributed by atoms with E-state index in [1.807, 2.05) is 13.1 Å². The van der Waals surface area contributed by atoms with Gasteiger partial charge in [-0.3, -0.25) is 4.98 Å². The van der Waals surface area contributed by atoms with Crippen LogP contribution in [0, 0.1) is 5.92 Å². The molecule has 0 aliphatic heterocycles. The zero-order valence-corrected chi connectivity index (χ0v) is 11.9. The summed E-state index contributed by atoms with van der Waals surface area (Å²) >= 11 is 0. The molecular formula is C14H25N3O. The second-order valence-electron chi connectivity index (χ2n) is 4.79. The van der Waals surface area contributed by atoms with Gasteiger partial charge in [0.05, 0.1) is 18.5 Å². The Morgan fingerprint density at radius 2 is 2.06 bits per heavy atom. The van der Waals surface area contributed by atoms with Crippen molar-refractivity contribution < 1.29 is 4.74 Å². The Morgan fingerprint density at radius 3 is 2.67 bits per heavy atom. The summed E-state index contributed by atoms with van der Waals surface area (Å²) in [5, 5.41) is 3.56. The summed E-state index contributed by atoms with van der Waals surface area (Å²) in [7, 11) is 0. The van der Waals surface area contributed by atoms with Crippen LogP contribution in [0.5, 0.6) is 5.88 Å². The second-order valence-corrected chi connectivity index (χ2v) is 4.79. The largest absolute Gasteiger partial charge is 0.477 e. The molecule has 1 heterocycles. The fraction of sp³-hybridized carbons (Fsp3) is 0.714. The van der Waals surface area contributed by atoms with E-state index in [1.54, 1.807) is 6.20 Å². The molecule has 0 aliphatic rings. The second kappa shape index (κ2) is 8.03. The first kappa shape index (κ1) is 14.9. The molecule has 1 unspecified atom stereocenters. The Labute approximate surface area is 110 Å². The average Bonchev–Trinajstić information content (AvgIpc) is 2.35. The minimum absolute atomic E-state index is 0.441. The lowest BCUT2D eigenvalue weighted by Gasteiger charge is -2.21. The predicted molar refractivity (Wildman–Crippen MR) is 73.8 cm³/mol. The molecule has 0 aromatic carbocycles. The van der Waals surface area contributed by atoms with Crippen LogP contribution in [0.25, 0.3) is 0 Å².